The molecule has 2 atom stereocenters. The van der Waals surface area contributed by atoms with Crippen molar-refractivity contribution in [3.63, 3.8) is 0 Å². The van der Waals surface area contributed by atoms with Crippen molar-refractivity contribution < 1.29 is 0 Å². The lowest BCUT2D eigenvalue weighted by atomic mass is 9.95. The number of hydrogen-bond acceptors (Lipinski definition) is 1. The van der Waals surface area contributed by atoms with Crippen LogP contribution < -0.4 is 0 Å². The van der Waals surface area contributed by atoms with E-state index in [1.807, 2.05) is 0 Å². The average molecular weight is 263 g/mol. The maximum absolute atomic E-state index is 2.70. The largest absolute Gasteiger partial charge is 0.296 e. The van der Waals surface area contributed by atoms with Gasteiger partial charge in [0.1, 0.15) is 0 Å². The summed E-state index contributed by atoms with van der Waals surface area (Å²) in [7, 11) is 0. The molecule has 1 aliphatic heterocycles. The second kappa shape index (κ2) is 5.06. The van der Waals surface area contributed by atoms with Crippen LogP contribution >= 0.6 is 0 Å². The van der Waals surface area contributed by atoms with Gasteiger partial charge in [0.25, 0.3) is 0 Å². The van der Waals surface area contributed by atoms with E-state index in [0.717, 1.165) is 5.92 Å². The Balaban J connectivity index is 1.51. The lowest BCUT2D eigenvalue weighted by Crippen LogP contribution is -2.33. The van der Waals surface area contributed by atoms with Crippen LogP contribution in [-0.4, -0.2) is 18.0 Å². The molecule has 1 unspecified atom stereocenters. The van der Waals surface area contributed by atoms with Crippen LogP contribution in [0.4, 0.5) is 0 Å². The minimum absolute atomic E-state index is 0.675. The molecule has 4 rings (SSSR count). The molecule has 0 amide bonds. The highest BCUT2D eigenvalue weighted by molar-refractivity contribution is 5.39. The fourth-order valence-electron chi connectivity index (χ4n) is 3.99. The van der Waals surface area contributed by atoms with E-state index < -0.39 is 0 Å². The van der Waals surface area contributed by atoms with Crippen LogP contribution in [0.3, 0.4) is 0 Å². The van der Waals surface area contributed by atoms with Crippen molar-refractivity contribution >= 4 is 0 Å². The number of hydrogen-bond donors (Lipinski definition) is 0. The number of rotatable bonds is 3. The van der Waals surface area contributed by atoms with Crippen molar-refractivity contribution in [1.82, 2.24) is 4.90 Å². The SMILES string of the molecule is c1ccc(CCN2CCC3C[C@@H]2c2ccccc23)cc1. The summed E-state index contributed by atoms with van der Waals surface area (Å²) in [5, 5.41) is 0. The van der Waals surface area contributed by atoms with E-state index in [2.05, 4.69) is 59.5 Å². The smallest absolute Gasteiger partial charge is 0.0356 e. The van der Waals surface area contributed by atoms with Crippen molar-refractivity contribution in [3.8, 4) is 0 Å². The normalized spacial score (nSPS) is 24.6. The zero-order valence-corrected chi connectivity index (χ0v) is 11.8. The van der Waals surface area contributed by atoms with Gasteiger partial charge in [-0.1, -0.05) is 54.6 Å². The molecule has 1 fully saturated rings. The molecule has 102 valence electrons. The van der Waals surface area contributed by atoms with Gasteiger partial charge in [0.05, 0.1) is 0 Å². The average Bonchev–Trinajstić information content (AvgIpc) is 2.82. The third-order valence-corrected chi connectivity index (χ3v) is 5.04. The second-order valence-electron chi connectivity index (χ2n) is 6.14. The third kappa shape index (κ3) is 2.06. The predicted octanol–water partition coefficient (Wildman–Crippen LogP) is 4.16. The quantitative estimate of drug-likeness (QED) is 0.803. The molecule has 2 aromatic carbocycles. The molecular formula is C19H21N. The number of fused-ring (bicyclic) bond motifs is 5. The second-order valence-corrected chi connectivity index (χ2v) is 6.14. The van der Waals surface area contributed by atoms with Gasteiger partial charge < -0.3 is 0 Å². The molecule has 1 heteroatoms. The van der Waals surface area contributed by atoms with Crippen LogP contribution in [0.1, 0.15) is 41.5 Å². The lowest BCUT2D eigenvalue weighted by Gasteiger charge is -2.33. The molecule has 1 nitrogen and oxygen atoms in total. The summed E-state index contributed by atoms with van der Waals surface area (Å²) in [4.78, 5) is 2.70. The van der Waals surface area contributed by atoms with Crippen LogP contribution in [0.25, 0.3) is 0 Å². The summed E-state index contributed by atoms with van der Waals surface area (Å²) in [5.74, 6) is 0.823. The number of benzene rings is 2. The Bertz CT molecular complexity index is 590. The Kier molecular flexibility index (Phi) is 3.08. The molecule has 0 saturated carbocycles. The maximum Gasteiger partial charge on any atom is 0.0356 e. The summed E-state index contributed by atoms with van der Waals surface area (Å²) < 4.78 is 0. The van der Waals surface area contributed by atoms with Crippen molar-refractivity contribution in [2.24, 2.45) is 0 Å². The number of piperidine rings is 1. The Hall–Kier alpha value is -1.60. The summed E-state index contributed by atoms with van der Waals surface area (Å²) in [6.45, 7) is 2.45. The van der Waals surface area contributed by atoms with Gasteiger partial charge in [0, 0.05) is 12.6 Å². The first kappa shape index (κ1) is 12.2. The van der Waals surface area contributed by atoms with Gasteiger partial charge in [0.2, 0.25) is 0 Å². The standard InChI is InChI=1S/C19H21N/c1-2-6-15(7-3-1)10-12-20-13-11-16-14-19(20)18-9-5-4-8-17(16)18/h1-9,16,19H,10-14H2/t16?,19-/m1/s1. The zero-order chi connectivity index (χ0) is 13.4. The van der Waals surface area contributed by atoms with Crippen molar-refractivity contribution in [2.75, 3.05) is 13.1 Å². The molecule has 0 radical (unpaired) electrons. The van der Waals surface area contributed by atoms with E-state index in [0.29, 0.717) is 6.04 Å². The third-order valence-electron chi connectivity index (χ3n) is 5.04. The molecule has 20 heavy (non-hydrogen) atoms. The van der Waals surface area contributed by atoms with E-state index >= 15 is 0 Å². The number of nitrogens with zero attached hydrogens (tertiary/aromatic N) is 1. The molecule has 1 aliphatic carbocycles. The first-order chi connectivity index (χ1) is 9.92. The highest BCUT2D eigenvalue weighted by Crippen LogP contribution is 2.48. The topological polar surface area (TPSA) is 3.24 Å². The Morgan fingerprint density at radius 3 is 2.50 bits per heavy atom. The van der Waals surface area contributed by atoms with Gasteiger partial charge in [-0.2, -0.15) is 0 Å². The molecular weight excluding hydrogens is 242 g/mol. The Labute approximate surface area is 121 Å². The Morgan fingerprint density at radius 1 is 0.900 bits per heavy atom. The van der Waals surface area contributed by atoms with E-state index in [4.69, 9.17) is 0 Å². The molecule has 0 aromatic heterocycles. The molecule has 2 bridgehead atoms. The number of likely N-dealkylation sites (tertiary alicyclic amines) is 1. The van der Waals surface area contributed by atoms with E-state index in [-0.39, 0.29) is 0 Å². The van der Waals surface area contributed by atoms with Crippen LogP contribution in [-0.2, 0) is 6.42 Å². The van der Waals surface area contributed by atoms with Crippen LogP contribution in [0.5, 0.6) is 0 Å². The molecule has 1 heterocycles. The molecule has 1 saturated heterocycles. The Morgan fingerprint density at radius 2 is 1.65 bits per heavy atom. The minimum Gasteiger partial charge on any atom is -0.296 e. The van der Waals surface area contributed by atoms with Crippen LogP contribution in [0.15, 0.2) is 54.6 Å². The molecule has 2 aromatic rings. The summed E-state index contributed by atoms with van der Waals surface area (Å²) in [5.41, 5.74) is 4.68. The fourth-order valence-corrected chi connectivity index (χ4v) is 3.99. The highest BCUT2D eigenvalue weighted by atomic mass is 15.2. The molecule has 0 spiro atoms. The summed E-state index contributed by atoms with van der Waals surface area (Å²) in [6, 6.07) is 20.7. The van der Waals surface area contributed by atoms with E-state index in [1.54, 1.807) is 11.1 Å². The summed E-state index contributed by atoms with van der Waals surface area (Å²) >= 11 is 0. The first-order valence-corrected chi connectivity index (χ1v) is 7.78. The van der Waals surface area contributed by atoms with Gasteiger partial charge in [-0.25, -0.2) is 0 Å². The van der Waals surface area contributed by atoms with Crippen molar-refractivity contribution in [1.29, 1.82) is 0 Å². The lowest BCUT2D eigenvalue weighted by molar-refractivity contribution is 0.155. The van der Waals surface area contributed by atoms with Gasteiger partial charge in [-0.3, -0.25) is 4.90 Å². The van der Waals surface area contributed by atoms with Crippen molar-refractivity contribution in [3.05, 3.63) is 71.3 Å². The van der Waals surface area contributed by atoms with Gasteiger partial charge in [-0.05, 0) is 48.4 Å². The van der Waals surface area contributed by atoms with Crippen LogP contribution in [0, 0.1) is 0 Å². The van der Waals surface area contributed by atoms with Crippen LogP contribution in [0.2, 0.25) is 0 Å². The highest BCUT2D eigenvalue weighted by Gasteiger charge is 2.37. The minimum atomic E-state index is 0.675. The zero-order valence-electron chi connectivity index (χ0n) is 11.8. The molecule has 0 N–H and O–H groups in total. The maximum atomic E-state index is 2.70. The first-order valence-electron chi connectivity index (χ1n) is 7.78. The van der Waals surface area contributed by atoms with E-state index in [1.165, 1.54) is 37.9 Å². The summed E-state index contributed by atoms with van der Waals surface area (Å²) in [6.07, 6.45) is 3.85. The van der Waals surface area contributed by atoms with Crippen molar-refractivity contribution in [2.45, 2.75) is 31.2 Å². The van der Waals surface area contributed by atoms with Gasteiger partial charge in [-0.15, -0.1) is 0 Å². The van der Waals surface area contributed by atoms with Gasteiger partial charge in [0.15, 0.2) is 0 Å². The molecule has 2 aliphatic rings. The monoisotopic (exact) mass is 263 g/mol. The fraction of sp³-hybridized carbons (Fsp3) is 0.368. The van der Waals surface area contributed by atoms with E-state index in [9.17, 15) is 0 Å². The van der Waals surface area contributed by atoms with Gasteiger partial charge >= 0.3 is 0 Å². The predicted molar refractivity (Wildman–Crippen MR) is 82.9 cm³/mol.